The van der Waals surface area contributed by atoms with E-state index in [-0.39, 0.29) is 5.92 Å². The van der Waals surface area contributed by atoms with Gasteiger partial charge in [0.1, 0.15) is 6.04 Å². The van der Waals surface area contributed by atoms with E-state index in [0.29, 0.717) is 13.0 Å². The summed E-state index contributed by atoms with van der Waals surface area (Å²) in [6.45, 7) is 4.08. The Kier molecular flexibility index (Phi) is 5.57. The third kappa shape index (κ3) is 4.33. The third-order valence-corrected chi connectivity index (χ3v) is 3.46. The predicted molar refractivity (Wildman–Crippen MR) is 68.8 cm³/mol. The fourth-order valence-electron chi connectivity index (χ4n) is 1.36. The first-order valence-corrected chi connectivity index (χ1v) is 6.59. The molecule has 0 radical (unpaired) electrons. The lowest BCUT2D eigenvalue weighted by atomic mass is 10.2. The van der Waals surface area contributed by atoms with Gasteiger partial charge in [-0.3, -0.25) is 0 Å². The SMILES string of the molecule is CC[C@@H](NC(=O)NCC(C)c1nccs1)C(=O)O. The summed E-state index contributed by atoms with van der Waals surface area (Å²) < 4.78 is 0. The van der Waals surface area contributed by atoms with Crippen LogP contribution in [0, 0.1) is 0 Å². The maximum absolute atomic E-state index is 11.5. The van der Waals surface area contributed by atoms with E-state index in [2.05, 4.69) is 15.6 Å². The van der Waals surface area contributed by atoms with E-state index in [9.17, 15) is 9.59 Å². The molecule has 1 aromatic heterocycles. The summed E-state index contributed by atoms with van der Waals surface area (Å²) >= 11 is 1.53. The van der Waals surface area contributed by atoms with Crippen LogP contribution in [0.3, 0.4) is 0 Å². The number of thiazole rings is 1. The number of nitrogens with zero attached hydrogens (tertiary/aromatic N) is 1. The topological polar surface area (TPSA) is 91.3 Å². The summed E-state index contributed by atoms with van der Waals surface area (Å²) in [7, 11) is 0. The van der Waals surface area contributed by atoms with Gasteiger partial charge in [0.25, 0.3) is 0 Å². The normalized spacial score (nSPS) is 13.7. The molecule has 0 spiro atoms. The molecule has 18 heavy (non-hydrogen) atoms. The molecule has 100 valence electrons. The number of carbonyl (C=O) groups excluding carboxylic acids is 1. The van der Waals surface area contributed by atoms with Crippen LogP contribution in [0.5, 0.6) is 0 Å². The van der Waals surface area contributed by atoms with Crippen LogP contribution in [-0.4, -0.2) is 34.7 Å². The van der Waals surface area contributed by atoms with Crippen LogP contribution >= 0.6 is 11.3 Å². The minimum Gasteiger partial charge on any atom is -0.480 e. The summed E-state index contributed by atoms with van der Waals surface area (Å²) in [4.78, 5) is 26.4. The van der Waals surface area contributed by atoms with Crippen LogP contribution in [-0.2, 0) is 4.79 Å². The Balaban J connectivity index is 2.35. The molecule has 0 saturated heterocycles. The molecule has 6 nitrogen and oxygen atoms in total. The summed E-state index contributed by atoms with van der Waals surface area (Å²) in [5.41, 5.74) is 0. The van der Waals surface area contributed by atoms with Crippen molar-refractivity contribution >= 4 is 23.3 Å². The van der Waals surface area contributed by atoms with Crippen molar-refractivity contribution in [2.24, 2.45) is 0 Å². The van der Waals surface area contributed by atoms with Crippen molar-refractivity contribution in [3.63, 3.8) is 0 Å². The first kappa shape index (κ1) is 14.4. The summed E-state index contributed by atoms with van der Waals surface area (Å²) in [6.07, 6.45) is 2.07. The number of hydrogen-bond donors (Lipinski definition) is 3. The number of aromatic nitrogens is 1. The summed E-state index contributed by atoms with van der Waals surface area (Å²) in [5.74, 6) is -0.915. The molecule has 1 heterocycles. The van der Waals surface area contributed by atoms with E-state index >= 15 is 0 Å². The number of rotatable bonds is 6. The Morgan fingerprint density at radius 1 is 1.56 bits per heavy atom. The van der Waals surface area contributed by atoms with Gasteiger partial charge in [-0.1, -0.05) is 13.8 Å². The van der Waals surface area contributed by atoms with Crippen LogP contribution in [0.4, 0.5) is 4.79 Å². The highest BCUT2D eigenvalue weighted by Gasteiger charge is 2.17. The fraction of sp³-hybridized carbons (Fsp3) is 0.545. The Morgan fingerprint density at radius 2 is 2.28 bits per heavy atom. The van der Waals surface area contributed by atoms with Gasteiger partial charge in [0.15, 0.2) is 0 Å². The molecule has 0 aromatic carbocycles. The third-order valence-electron chi connectivity index (χ3n) is 2.45. The van der Waals surface area contributed by atoms with Crippen molar-refractivity contribution < 1.29 is 14.7 Å². The molecule has 0 aliphatic heterocycles. The average molecular weight is 271 g/mol. The van der Waals surface area contributed by atoms with E-state index in [4.69, 9.17) is 5.11 Å². The number of carbonyl (C=O) groups is 2. The van der Waals surface area contributed by atoms with E-state index in [1.54, 1.807) is 13.1 Å². The van der Waals surface area contributed by atoms with Gasteiger partial charge in [0.05, 0.1) is 5.01 Å². The summed E-state index contributed by atoms with van der Waals surface area (Å²) in [5, 5.41) is 16.7. The number of carboxylic acids is 1. The molecule has 0 saturated carbocycles. The number of carboxylic acid groups (broad SMARTS) is 1. The first-order valence-electron chi connectivity index (χ1n) is 5.71. The monoisotopic (exact) mass is 271 g/mol. The zero-order valence-corrected chi connectivity index (χ0v) is 11.2. The zero-order chi connectivity index (χ0) is 13.5. The summed E-state index contributed by atoms with van der Waals surface area (Å²) in [6, 6.07) is -1.31. The first-order chi connectivity index (χ1) is 8.54. The molecule has 0 bridgehead atoms. The zero-order valence-electron chi connectivity index (χ0n) is 10.3. The second kappa shape index (κ2) is 6.95. The van der Waals surface area contributed by atoms with E-state index in [1.165, 1.54) is 11.3 Å². The van der Waals surface area contributed by atoms with Crippen molar-refractivity contribution in [3.05, 3.63) is 16.6 Å². The smallest absolute Gasteiger partial charge is 0.326 e. The van der Waals surface area contributed by atoms with Gasteiger partial charge in [-0.25, -0.2) is 14.6 Å². The largest absolute Gasteiger partial charge is 0.480 e. The van der Waals surface area contributed by atoms with Gasteiger partial charge >= 0.3 is 12.0 Å². The van der Waals surface area contributed by atoms with Crippen molar-refractivity contribution in [1.82, 2.24) is 15.6 Å². The number of amides is 2. The Labute approximate surface area is 109 Å². The van der Waals surface area contributed by atoms with Crippen molar-refractivity contribution in [3.8, 4) is 0 Å². The van der Waals surface area contributed by atoms with Crippen LogP contribution in [0.15, 0.2) is 11.6 Å². The molecule has 0 aliphatic carbocycles. The number of hydrogen-bond acceptors (Lipinski definition) is 4. The maximum atomic E-state index is 11.5. The van der Waals surface area contributed by atoms with Crippen LogP contribution in [0.1, 0.15) is 31.2 Å². The van der Waals surface area contributed by atoms with Crippen molar-refractivity contribution in [2.45, 2.75) is 32.2 Å². The lowest BCUT2D eigenvalue weighted by molar-refractivity contribution is -0.139. The second-order valence-corrected chi connectivity index (χ2v) is 4.85. The molecule has 2 amide bonds. The number of nitrogens with one attached hydrogen (secondary N) is 2. The van der Waals surface area contributed by atoms with Gasteiger partial charge in [0, 0.05) is 24.0 Å². The average Bonchev–Trinajstić information content (AvgIpc) is 2.86. The van der Waals surface area contributed by atoms with Gasteiger partial charge in [-0.2, -0.15) is 0 Å². The molecule has 7 heteroatoms. The molecule has 2 atom stereocenters. The molecular formula is C11H17N3O3S. The van der Waals surface area contributed by atoms with Gasteiger partial charge in [-0.05, 0) is 6.42 Å². The minimum absolute atomic E-state index is 0.112. The molecule has 3 N–H and O–H groups in total. The Morgan fingerprint density at radius 3 is 2.78 bits per heavy atom. The van der Waals surface area contributed by atoms with Crippen LogP contribution in [0.2, 0.25) is 0 Å². The quantitative estimate of drug-likeness (QED) is 0.729. The predicted octanol–water partition coefficient (Wildman–Crippen LogP) is 1.41. The molecule has 1 rings (SSSR count). The van der Waals surface area contributed by atoms with E-state index in [1.807, 2.05) is 12.3 Å². The number of urea groups is 1. The Hall–Kier alpha value is -1.63. The molecule has 0 aliphatic rings. The van der Waals surface area contributed by atoms with Gasteiger partial charge in [-0.15, -0.1) is 11.3 Å². The van der Waals surface area contributed by atoms with E-state index in [0.717, 1.165) is 5.01 Å². The second-order valence-electron chi connectivity index (χ2n) is 3.92. The fourth-order valence-corrected chi connectivity index (χ4v) is 2.06. The molecular weight excluding hydrogens is 254 g/mol. The molecule has 1 aromatic rings. The maximum Gasteiger partial charge on any atom is 0.326 e. The lowest BCUT2D eigenvalue weighted by Gasteiger charge is -2.14. The number of aliphatic carboxylic acids is 1. The highest BCUT2D eigenvalue weighted by molar-refractivity contribution is 7.09. The van der Waals surface area contributed by atoms with Gasteiger partial charge in [0.2, 0.25) is 0 Å². The lowest BCUT2D eigenvalue weighted by Crippen LogP contribution is -2.46. The standard InChI is InChI=1S/C11H17N3O3S/c1-3-8(10(15)16)14-11(17)13-6-7(2)9-12-4-5-18-9/h4-5,7-8H,3,6H2,1-2H3,(H,15,16)(H2,13,14,17)/t7?,8-/m1/s1. The van der Waals surface area contributed by atoms with Crippen molar-refractivity contribution in [2.75, 3.05) is 6.54 Å². The Bertz CT molecular complexity index is 394. The van der Waals surface area contributed by atoms with Crippen LogP contribution < -0.4 is 10.6 Å². The highest BCUT2D eigenvalue weighted by atomic mass is 32.1. The molecule has 0 fully saturated rings. The molecule has 1 unspecified atom stereocenters. The van der Waals surface area contributed by atoms with Gasteiger partial charge < -0.3 is 15.7 Å². The minimum atomic E-state index is -1.03. The van der Waals surface area contributed by atoms with Crippen molar-refractivity contribution in [1.29, 1.82) is 0 Å². The van der Waals surface area contributed by atoms with E-state index < -0.39 is 18.0 Å². The highest BCUT2D eigenvalue weighted by Crippen LogP contribution is 2.16. The van der Waals surface area contributed by atoms with Crippen LogP contribution in [0.25, 0.3) is 0 Å².